The number of rotatable bonds is 5. The Morgan fingerprint density at radius 3 is 2.50 bits per heavy atom. The quantitative estimate of drug-likeness (QED) is 0.436. The summed E-state index contributed by atoms with van der Waals surface area (Å²) >= 11 is 0. The fourth-order valence-electron chi connectivity index (χ4n) is 2.46. The van der Waals surface area contributed by atoms with E-state index >= 15 is 0 Å². The SMILES string of the molecule is C[Si](C)(C)OP(=O)(CN1CCOCC1)C1COC(=O)C1. The molecule has 6 nitrogen and oxygen atoms in total. The van der Waals surface area contributed by atoms with Gasteiger partial charge in [-0.3, -0.25) is 14.3 Å². The molecule has 20 heavy (non-hydrogen) atoms. The second-order valence-electron chi connectivity index (χ2n) is 6.34. The van der Waals surface area contributed by atoms with Crippen molar-refractivity contribution in [2.75, 3.05) is 39.2 Å². The Morgan fingerprint density at radius 2 is 2.00 bits per heavy atom. The van der Waals surface area contributed by atoms with Crippen LogP contribution in [0.15, 0.2) is 0 Å². The Bertz CT molecular complexity index is 405. The molecule has 0 aromatic heterocycles. The monoisotopic (exact) mass is 321 g/mol. The van der Waals surface area contributed by atoms with Crippen molar-refractivity contribution in [2.24, 2.45) is 0 Å². The summed E-state index contributed by atoms with van der Waals surface area (Å²) in [6.07, 6.45) is 0.619. The molecular weight excluding hydrogens is 297 g/mol. The van der Waals surface area contributed by atoms with E-state index in [0.29, 0.717) is 19.5 Å². The molecule has 2 saturated heterocycles. The minimum Gasteiger partial charge on any atom is -0.465 e. The van der Waals surface area contributed by atoms with Gasteiger partial charge in [0, 0.05) is 13.1 Å². The second-order valence-corrected chi connectivity index (χ2v) is 13.8. The fourth-order valence-corrected chi connectivity index (χ4v) is 8.79. The van der Waals surface area contributed by atoms with Crippen molar-refractivity contribution in [3.05, 3.63) is 0 Å². The van der Waals surface area contributed by atoms with E-state index in [-0.39, 0.29) is 24.7 Å². The summed E-state index contributed by atoms with van der Waals surface area (Å²) in [5.74, 6) is -0.267. The van der Waals surface area contributed by atoms with Crippen LogP contribution in [0.1, 0.15) is 6.42 Å². The highest BCUT2D eigenvalue weighted by Crippen LogP contribution is 2.57. The van der Waals surface area contributed by atoms with Crippen LogP contribution < -0.4 is 0 Å². The molecule has 0 saturated carbocycles. The summed E-state index contributed by atoms with van der Waals surface area (Å²) in [4.78, 5) is 13.5. The lowest BCUT2D eigenvalue weighted by Gasteiger charge is -2.35. The van der Waals surface area contributed by atoms with E-state index in [1.807, 2.05) is 19.6 Å². The largest absolute Gasteiger partial charge is 0.465 e. The molecule has 2 aliphatic rings. The van der Waals surface area contributed by atoms with Gasteiger partial charge in [-0.2, -0.15) is 0 Å². The highest BCUT2D eigenvalue weighted by atomic mass is 31.2. The Hall–Kier alpha value is -0.203. The lowest BCUT2D eigenvalue weighted by molar-refractivity contribution is -0.137. The zero-order chi connectivity index (χ0) is 14.8. The molecule has 0 aliphatic carbocycles. The lowest BCUT2D eigenvalue weighted by atomic mass is 10.4. The number of morpholine rings is 1. The molecule has 8 heteroatoms. The summed E-state index contributed by atoms with van der Waals surface area (Å²) in [7, 11) is -4.86. The van der Waals surface area contributed by atoms with Gasteiger partial charge in [0.1, 0.15) is 6.61 Å². The van der Waals surface area contributed by atoms with Crippen LogP contribution in [-0.2, 0) is 23.0 Å². The number of hydrogen-bond donors (Lipinski definition) is 0. The standard InChI is InChI=1S/C12H24NO5PSi/c1-20(2,3)18-19(15,11-8-12(14)17-9-11)10-13-4-6-16-7-5-13/h11H,4-10H2,1-3H3. The third kappa shape index (κ3) is 4.40. The van der Waals surface area contributed by atoms with Crippen LogP contribution in [0.4, 0.5) is 0 Å². The van der Waals surface area contributed by atoms with Gasteiger partial charge in [-0.05, 0) is 19.6 Å². The van der Waals surface area contributed by atoms with Crippen molar-refractivity contribution in [1.29, 1.82) is 0 Å². The number of carbonyl (C=O) groups excluding carboxylic acids is 1. The van der Waals surface area contributed by atoms with Gasteiger partial charge in [-0.1, -0.05) is 0 Å². The van der Waals surface area contributed by atoms with Gasteiger partial charge < -0.3 is 13.7 Å². The summed E-state index contributed by atoms with van der Waals surface area (Å²) in [6.45, 7) is 9.15. The normalized spacial score (nSPS) is 28.1. The van der Waals surface area contributed by atoms with E-state index in [9.17, 15) is 9.36 Å². The minimum absolute atomic E-state index is 0.214. The van der Waals surface area contributed by atoms with Crippen molar-refractivity contribution < 1.29 is 23.0 Å². The smallest absolute Gasteiger partial charge is 0.306 e. The molecule has 0 spiro atoms. The van der Waals surface area contributed by atoms with Crippen LogP contribution >= 0.6 is 7.37 Å². The Balaban J connectivity index is 2.10. The first-order valence-electron chi connectivity index (χ1n) is 7.04. The molecule has 2 fully saturated rings. The molecule has 2 aliphatic heterocycles. The number of hydrogen-bond acceptors (Lipinski definition) is 6. The second kappa shape index (κ2) is 6.28. The van der Waals surface area contributed by atoms with Crippen molar-refractivity contribution in [1.82, 2.24) is 4.90 Å². The van der Waals surface area contributed by atoms with Crippen molar-refractivity contribution in [2.45, 2.75) is 31.7 Å². The van der Waals surface area contributed by atoms with E-state index in [0.717, 1.165) is 13.1 Å². The molecule has 0 aromatic carbocycles. The molecule has 0 amide bonds. The molecule has 2 heterocycles. The highest BCUT2D eigenvalue weighted by molar-refractivity contribution is 7.61. The van der Waals surface area contributed by atoms with Gasteiger partial charge in [-0.25, -0.2) is 0 Å². The number of ether oxygens (including phenoxy) is 2. The van der Waals surface area contributed by atoms with Gasteiger partial charge in [0.2, 0.25) is 7.37 Å². The first-order valence-corrected chi connectivity index (χ1v) is 12.3. The average Bonchev–Trinajstić information content (AvgIpc) is 2.75. The van der Waals surface area contributed by atoms with Crippen LogP contribution in [0.25, 0.3) is 0 Å². The van der Waals surface area contributed by atoms with Crippen LogP contribution in [0, 0.1) is 0 Å². The zero-order valence-electron chi connectivity index (χ0n) is 12.5. The van der Waals surface area contributed by atoms with Crippen LogP contribution in [0.2, 0.25) is 19.6 Å². The molecule has 2 unspecified atom stereocenters. The molecule has 0 N–H and O–H groups in total. The first kappa shape index (κ1) is 16.2. The van der Waals surface area contributed by atoms with E-state index in [4.69, 9.17) is 13.7 Å². The summed E-state index contributed by atoms with van der Waals surface area (Å²) in [6, 6.07) is 0. The van der Waals surface area contributed by atoms with Crippen molar-refractivity contribution in [3.63, 3.8) is 0 Å². The summed E-state index contributed by atoms with van der Waals surface area (Å²) in [5, 5.41) is 0. The van der Waals surface area contributed by atoms with E-state index in [1.165, 1.54) is 0 Å². The lowest BCUT2D eigenvalue weighted by Crippen LogP contribution is -2.39. The number of esters is 1. The maximum atomic E-state index is 13.3. The van der Waals surface area contributed by atoms with Crippen molar-refractivity contribution >= 4 is 21.7 Å². The Kier molecular flexibility index (Phi) is 5.08. The molecular formula is C12H24NO5PSi. The maximum Gasteiger partial charge on any atom is 0.306 e. The summed E-state index contributed by atoms with van der Waals surface area (Å²) < 4.78 is 29.7. The van der Waals surface area contributed by atoms with E-state index in [1.54, 1.807) is 0 Å². The van der Waals surface area contributed by atoms with E-state index in [2.05, 4.69) is 4.90 Å². The third-order valence-corrected chi connectivity index (χ3v) is 8.99. The molecule has 2 rings (SSSR count). The Morgan fingerprint density at radius 1 is 1.35 bits per heavy atom. The molecule has 0 aromatic rings. The number of nitrogens with zero attached hydrogens (tertiary/aromatic N) is 1. The predicted molar refractivity (Wildman–Crippen MR) is 78.7 cm³/mol. The summed E-state index contributed by atoms with van der Waals surface area (Å²) in [5.41, 5.74) is -0.287. The third-order valence-electron chi connectivity index (χ3n) is 3.32. The van der Waals surface area contributed by atoms with E-state index < -0.39 is 15.7 Å². The van der Waals surface area contributed by atoms with Gasteiger partial charge >= 0.3 is 5.97 Å². The fraction of sp³-hybridized carbons (Fsp3) is 0.917. The molecule has 116 valence electrons. The first-order chi connectivity index (χ1) is 9.28. The van der Waals surface area contributed by atoms with Gasteiger partial charge in [0.25, 0.3) is 0 Å². The zero-order valence-corrected chi connectivity index (χ0v) is 14.4. The predicted octanol–water partition coefficient (Wildman–Crippen LogP) is 1.72. The molecule has 2 atom stereocenters. The van der Waals surface area contributed by atoms with Gasteiger partial charge in [0.05, 0.1) is 31.6 Å². The van der Waals surface area contributed by atoms with Crippen LogP contribution in [0.3, 0.4) is 0 Å². The van der Waals surface area contributed by atoms with Gasteiger partial charge in [-0.15, -0.1) is 0 Å². The van der Waals surface area contributed by atoms with Gasteiger partial charge in [0.15, 0.2) is 8.32 Å². The molecule has 0 bridgehead atoms. The van der Waals surface area contributed by atoms with Crippen LogP contribution in [-0.4, -0.2) is 64.0 Å². The highest BCUT2D eigenvalue weighted by Gasteiger charge is 2.44. The maximum absolute atomic E-state index is 13.3. The minimum atomic E-state index is -2.91. The molecule has 0 radical (unpaired) electrons. The number of cyclic esters (lactones) is 1. The topological polar surface area (TPSA) is 65.1 Å². The Labute approximate surface area is 121 Å². The number of carbonyl (C=O) groups is 1. The van der Waals surface area contributed by atoms with Crippen molar-refractivity contribution in [3.8, 4) is 0 Å². The average molecular weight is 321 g/mol. The van der Waals surface area contributed by atoms with Crippen LogP contribution in [0.5, 0.6) is 0 Å².